The minimum Gasteiger partial charge on any atom is -0.467 e. The van der Waals surface area contributed by atoms with Crippen molar-refractivity contribution in [3.8, 4) is 0 Å². The van der Waals surface area contributed by atoms with Gasteiger partial charge in [0.2, 0.25) is 5.91 Å². The number of carbonyl (C=O) groups is 2. The summed E-state index contributed by atoms with van der Waals surface area (Å²) in [4.78, 5) is 26.4. The first kappa shape index (κ1) is 25.0. The normalized spacial score (nSPS) is 11.1. The predicted octanol–water partition coefficient (Wildman–Crippen LogP) is 3.66. The Labute approximate surface area is 200 Å². The minimum absolute atomic E-state index is 0.0222. The van der Waals surface area contributed by atoms with Crippen molar-refractivity contribution >= 4 is 27.5 Å². The van der Waals surface area contributed by atoms with Gasteiger partial charge in [0.1, 0.15) is 5.76 Å². The first-order valence-electron chi connectivity index (χ1n) is 11.1. The summed E-state index contributed by atoms with van der Waals surface area (Å²) in [6.45, 7) is 2.37. The molecular weight excluding hydrogens is 454 g/mol. The van der Waals surface area contributed by atoms with Crippen molar-refractivity contribution < 1.29 is 22.4 Å². The van der Waals surface area contributed by atoms with Crippen LogP contribution >= 0.6 is 0 Å². The molecule has 34 heavy (non-hydrogen) atoms. The van der Waals surface area contributed by atoms with E-state index in [1.807, 2.05) is 13.0 Å². The number of nitrogens with one attached hydrogen (secondary N) is 1. The van der Waals surface area contributed by atoms with Crippen molar-refractivity contribution in [2.75, 3.05) is 24.4 Å². The molecule has 1 N–H and O–H groups in total. The number of hydrogen-bond donors (Lipinski definition) is 1. The summed E-state index contributed by atoms with van der Waals surface area (Å²) in [5.74, 6) is -0.206. The van der Waals surface area contributed by atoms with Gasteiger partial charge < -0.3 is 14.6 Å². The van der Waals surface area contributed by atoms with Crippen LogP contribution in [-0.2, 0) is 21.4 Å². The summed E-state index contributed by atoms with van der Waals surface area (Å²) in [6, 6.07) is 18.3. The van der Waals surface area contributed by atoms with Crippen molar-refractivity contribution in [3.05, 3.63) is 84.3 Å². The lowest BCUT2D eigenvalue weighted by Crippen LogP contribution is -2.38. The molecule has 180 valence electrons. The Bertz CT molecular complexity index is 1190. The number of nitrogens with zero attached hydrogens (tertiary/aromatic N) is 2. The third-order valence-corrected chi connectivity index (χ3v) is 7.02. The van der Waals surface area contributed by atoms with Crippen LogP contribution in [0.3, 0.4) is 0 Å². The number of rotatable bonds is 11. The second-order valence-corrected chi connectivity index (χ2v) is 9.67. The van der Waals surface area contributed by atoms with Crippen LogP contribution in [0, 0.1) is 0 Å². The van der Waals surface area contributed by atoms with Gasteiger partial charge in [-0.15, -0.1) is 0 Å². The van der Waals surface area contributed by atoms with Gasteiger partial charge in [-0.25, -0.2) is 8.42 Å². The van der Waals surface area contributed by atoms with E-state index in [2.05, 4.69) is 5.32 Å². The highest BCUT2D eigenvalue weighted by atomic mass is 32.2. The van der Waals surface area contributed by atoms with E-state index in [1.54, 1.807) is 36.4 Å². The van der Waals surface area contributed by atoms with Gasteiger partial charge in [-0.3, -0.25) is 13.9 Å². The Morgan fingerprint density at radius 1 is 1.00 bits per heavy atom. The Kier molecular flexibility index (Phi) is 8.48. The lowest BCUT2D eigenvalue weighted by molar-refractivity contribution is -0.121. The number of anilines is 1. The van der Waals surface area contributed by atoms with Gasteiger partial charge in [-0.05, 0) is 48.9 Å². The summed E-state index contributed by atoms with van der Waals surface area (Å²) in [5.41, 5.74) is 0.754. The quantitative estimate of drug-likeness (QED) is 0.449. The van der Waals surface area contributed by atoms with Crippen molar-refractivity contribution in [2.24, 2.45) is 0 Å². The van der Waals surface area contributed by atoms with E-state index < -0.39 is 15.9 Å². The lowest BCUT2D eigenvalue weighted by Gasteiger charge is -2.25. The minimum atomic E-state index is -3.89. The maximum atomic E-state index is 13.5. The van der Waals surface area contributed by atoms with Crippen LogP contribution in [0.5, 0.6) is 0 Å². The molecule has 2 amide bonds. The summed E-state index contributed by atoms with van der Waals surface area (Å²) in [7, 11) is -2.40. The molecular formula is C25H29N3O5S. The summed E-state index contributed by atoms with van der Waals surface area (Å²) >= 11 is 0. The maximum absolute atomic E-state index is 13.5. The first-order chi connectivity index (χ1) is 16.3. The van der Waals surface area contributed by atoms with Crippen LogP contribution in [0.15, 0.2) is 82.3 Å². The molecule has 0 fully saturated rings. The van der Waals surface area contributed by atoms with Gasteiger partial charge in [0.05, 0.1) is 29.9 Å². The SMILES string of the molecule is CCCCN(c1ccccc1)S(=O)(=O)c1cccc(C(=O)N(C)CC(=O)NCc2ccco2)c1. The first-order valence-corrected chi connectivity index (χ1v) is 12.5. The smallest absolute Gasteiger partial charge is 0.264 e. The van der Waals surface area contributed by atoms with Crippen LogP contribution in [0.2, 0.25) is 0 Å². The number of likely N-dealkylation sites (N-methyl/N-ethyl adjacent to an activating group) is 1. The van der Waals surface area contributed by atoms with Crippen molar-refractivity contribution in [3.63, 3.8) is 0 Å². The van der Waals surface area contributed by atoms with Crippen molar-refractivity contribution in [1.82, 2.24) is 10.2 Å². The second-order valence-electron chi connectivity index (χ2n) is 7.81. The molecule has 0 unspecified atom stereocenters. The molecule has 0 atom stereocenters. The van der Waals surface area contributed by atoms with E-state index in [9.17, 15) is 18.0 Å². The average molecular weight is 484 g/mol. The highest BCUT2D eigenvalue weighted by Gasteiger charge is 2.26. The molecule has 0 aliphatic rings. The number of amides is 2. The summed E-state index contributed by atoms with van der Waals surface area (Å²) in [5, 5.41) is 2.68. The molecule has 0 aliphatic carbocycles. The third-order valence-electron chi connectivity index (χ3n) is 5.20. The fraction of sp³-hybridized carbons (Fsp3) is 0.280. The van der Waals surface area contributed by atoms with Crippen LogP contribution in [0.4, 0.5) is 5.69 Å². The summed E-state index contributed by atoms with van der Waals surface area (Å²) in [6.07, 6.45) is 3.05. The summed E-state index contributed by atoms with van der Waals surface area (Å²) < 4.78 is 33.5. The number of para-hydroxylation sites is 1. The Hall–Kier alpha value is -3.59. The van der Waals surface area contributed by atoms with Crippen LogP contribution in [0.1, 0.15) is 35.9 Å². The zero-order chi connectivity index (χ0) is 24.6. The molecule has 0 aliphatic heterocycles. The zero-order valence-corrected chi connectivity index (χ0v) is 20.1. The third kappa shape index (κ3) is 6.26. The van der Waals surface area contributed by atoms with Gasteiger partial charge in [0.25, 0.3) is 15.9 Å². The molecule has 3 rings (SSSR count). The monoisotopic (exact) mass is 483 g/mol. The van der Waals surface area contributed by atoms with Gasteiger partial charge >= 0.3 is 0 Å². The highest BCUT2D eigenvalue weighted by Crippen LogP contribution is 2.25. The molecule has 0 spiro atoms. The molecule has 1 heterocycles. The largest absolute Gasteiger partial charge is 0.467 e. The molecule has 2 aromatic carbocycles. The number of carbonyl (C=O) groups excluding carboxylic acids is 2. The molecule has 0 saturated carbocycles. The predicted molar refractivity (Wildman–Crippen MR) is 130 cm³/mol. The number of sulfonamides is 1. The average Bonchev–Trinajstić information content (AvgIpc) is 3.37. The fourth-order valence-corrected chi connectivity index (χ4v) is 4.91. The van der Waals surface area contributed by atoms with E-state index in [4.69, 9.17) is 4.42 Å². The Morgan fingerprint density at radius 3 is 2.44 bits per heavy atom. The number of benzene rings is 2. The van der Waals surface area contributed by atoms with E-state index >= 15 is 0 Å². The highest BCUT2D eigenvalue weighted by molar-refractivity contribution is 7.92. The van der Waals surface area contributed by atoms with E-state index in [0.717, 1.165) is 6.42 Å². The van der Waals surface area contributed by atoms with E-state index in [-0.39, 0.29) is 29.5 Å². The Balaban J connectivity index is 1.75. The molecule has 0 radical (unpaired) electrons. The molecule has 9 heteroatoms. The number of unbranched alkanes of at least 4 members (excludes halogenated alkanes) is 1. The van der Waals surface area contributed by atoms with Gasteiger partial charge in [-0.2, -0.15) is 0 Å². The molecule has 0 saturated heterocycles. The van der Waals surface area contributed by atoms with Crippen LogP contribution in [-0.4, -0.2) is 45.3 Å². The number of hydrogen-bond acceptors (Lipinski definition) is 5. The lowest BCUT2D eigenvalue weighted by atomic mass is 10.2. The van der Waals surface area contributed by atoms with Crippen molar-refractivity contribution in [2.45, 2.75) is 31.2 Å². The molecule has 8 nitrogen and oxygen atoms in total. The molecule has 3 aromatic rings. The second kappa shape index (κ2) is 11.5. The van der Waals surface area contributed by atoms with Gasteiger partial charge in [0.15, 0.2) is 0 Å². The number of furan rings is 1. The zero-order valence-electron chi connectivity index (χ0n) is 19.3. The van der Waals surface area contributed by atoms with Gasteiger partial charge in [0, 0.05) is 19.2 Å². The van der Waals surface area contributed by atoms with E-state index in [0.29, 0.717) is 24.4 Å². The standard InChI is InChI=1S/C25H29N3O5S/c1-3-4-15-28(21-11-6-5-7-12-21)34(31,32)23-14-8-10-20(17-23)25(30)27(2)19-24(29)26-18-22-13-9-16-33-22/h5-14,16-17H,3-4,15,18-19H2,1-2H3,(H,26,29). The maximum Gasteiger partial charge on any atom is 0.264 e. The van der Waals surface area contributed by atoms with Crippen molar-refractivity contribution in [1.29, 1.82) is 0 Å². The van der Waals surface area contributed by atoms with E-state index in [1.165, 1.54) is 46.8 Å². The van der Waals surface area contributed by atoms with Gasteiger partial charge in [-0.1, -0.05) is 37.6 Å². The van der Waals surface area contributed by atoms with Crippen LogP contribution in [0.25, 0.3) is 0 Å². The fourth-order valence-electron chi connectivity index (χ4n) is 3.36. The van der Waals surface area contributed by atoms with Crippen LogP contribution < -0.4 is 9.62 Å². The topological polar surface area (TPSA) is 99.9 Å². The molecule has 1 aromatic heterocycles. The Morgan fingerprint density at radius 2 is 1.76 bits per heavy atom. The molecule has 0 bridgehead atoms.